The molecule has 0 nitrogen and oxygen atoms in total. The Hall–Kier alpha value is 0.730. The van der Waals surface area contributed by atoms with Crippen LogP contribution in [0.1, 0.15) is 6.42 Å². The molecule has 0 amide bonds. The molecule has 0 saturated heterocycles. The molecule has 0 bridgehead atoms. The van der Waals surface area contributed by atoms with Crippen LogP contribution in [0.3, 0.4) is 0 Å². The van der Waals surface area contributed by atoms with Gasteiger partial charge in [-0.05, 0) is 10.8 Å². The highest BCUT2D eigenvalue weighted by atomic mass is 127. The summed E-state index contributed by atoms with van der Waals surface area (Å²) in [4.78, 5) is 0. The Balaban J connectivity index is 1.97. The second-order valence-corrected chi connectivity index (χ2v) is 1.62. The Morgan fingerprint density at radius 1 is 1.75 bits per heavy atom. The summed E-state index contributed by atoms with van der Waals surface area (Å²) < 4.78 is 1.18. The number of alkyl halides is 1. The van der Waals surface area contributed by atoms with E-state index in [2.05, 4.69) is 29.5 Å². The molecule has 0 aromatic heterocycles. The zero-order chi connectivity index (χ0) is 3.41. The smallest absolute Gasteiger partial charge is 0.000473 e. The van der Waals surface area contributed by atoms with Crippen LogP contribution >= 0.6 is 22.6 Å². The molecule has 4 heavy (non-hydrogen) atoms. The normalized spacial score (nSPS) is 7.50. The van der Waals surface area contributed by atoms with Gasteiger partial charge in [0.05, 0.1) is 0 Å². The minimum absolute atomic E-state index is 1.06. The lowest BCUT2D eigenvalue weighted by atomic mass is 10.6. The van der Waals surface area contributed by atoms with Gasteiger partial charge >= 0.3 is 0 Å². The van der Waals surface area contributed by atoms with Gasteiger partial charge in [0.15, 0.2) is 0 Å². The summed E-state index contributed by atoms with van der Waals surface area (Å²) in [7, 11) is 0. The third-order valence-corrected chi connectivity index (χ3v) is 0.896. The highest BCUT2D eigenvalue weighted by Crippen LogP contribution is 1.81. The van der Waals surface area contributed by atoms with Crippen LogP contribution in [0.2, 0.25) is 0 Å². The Morgan fingerprint density at radius 3 is 2.00 bits per heavy atom. The summed E-state index contributed by atoms with van der Waals surface area (Å²) >= 11 is 2.29. The van der Waals surface area contributed by atoms with E-state index in [-0.39, 0.29) is 0 Å². The van der Waals surface area contributed by atoms with Gasteiger partial charge in [-0.1, -0.05) is 29.5 Å². The number of hydrogen-bond acceptors (Lipinski definition) is 0. The molecule has 0 aliphatic rings. The predicted octanol–water partition coefficient (Wildman–Crippen LogP) is 1.65. The van der Waals surface area contributed by atoms with E-state index in [1.807, 2.05) is 0 Å². The van der Waals surface area contributed by atoms with Gasteiger partial charge in [-0.3, -0.25) is 0 Å². The van der Waals surface area contributed by atoms with Gasteiger partial charge in [-0.15, -0.1) is 0 Å². The van der Waals surface area contributed by atoms with Crippen LogP contribution in [0.5, 0.6) is 0 Å². The first-order valence-corrected chi connectivity index (χ1v) is 2.79. The van der Waals surface area contributed by atoms with Crippen molar-refractivity contribution in [3.63, 3.8) is 0 Å². The first kappa shape index (κ1) is 4.73. The van der Waals surface area contributed by atoms with Crippen LogP contribution in [0.4, 0.5) is 0 Å². The van der Waals surface area contributed by atoms with Gasteiger partial charge < -0.3 is 0 Å². The van der Waals surface area contributed by atoms with Crippen molar-refractivity contribution in [1.82, 2.24) is 0 Å². The van der Waals surface area contributed by atoms with E-state index in [9.17, 15) is 0 Å². The molecule has 0 heterocycles. The van der Waals surface area contributed by atoms with Crippen molar-refractivity contribution in [2.75, 3.05) is 4.43 Å². The quantitative estimate of drug-likeness (QED) is 0.413. The second-order valence-electron chi connectivity index (χ2n) is 0.543. The average Bonchev–Trinajstić information content (AvgIpc) is 1.37. The van der Waals surface area contributed by atoms with Crippen molar-refractivity contribution in [3.05, 3.63) is 6.92 Å². The highest BCUT2D eigenvalue weighted by Gasteiger charge is 1.58. The Bertz CT molecular complexity index is 5.25. The minimum Gasteiger partial charge on any atom is -0.0864 e. The molecule has 0 unspecified atom stereocenters. The molecule has 0 aromatic carbocycles. The predicted molar refractivity (Wildman–Crippen MR) is 28.9 cm³/mol. The van der Waals surface area contributed by atoms with Crippen molar-refractivity contribution >= 4 is 22.6 Å². The molecule has 0 aromatic rings. The van der Waals surface area contributed by atoms with Crippen LogP contribution in [0, 0.1) is 6.92 Å². The van der Waals surface area contributed by atoms with Gasteiger partial charge in [-0.2, -0.15) is 0 Å². The van der Waals surface area contributed by atoms with Gasteiger partial charge in [-0.25, -0.2) is 0 Å². The zero-order valence-corrected chi connectivity index (χ0v) is 4.66. The molecular weight excluding hydrogens is 163 g/mol. The van der Waals surface area contributed by atoms with E-state index < -0.39 is 0 Å². The van der Waals surface area contributed by atoms with Crippen molar-refractivity contribution in [2.45, 2.75) is 6.42 Å². The van der Waals surface area contributed by atoms with E-state index in [0.29, 0.717) is 0 Å². The minimum atomic E-state index is 1.06. The lowest BCUT2D eigenvalue weighted by molar-refractivity contribution is 1.28. The van der Waals surface area contributed by atoms with E-state index in [4.69, 9.17) is 0 Å². The maximum Gasteiger partial charge on any atom is -0.000473 e. The van der Waals surface area contributed by atoms with Crippen LogP contribution in [0.25, 0.3) is 0 Å². The van der Waals surface area contributed by atoms with Crippen LogP contribution in [-0.4, -0.2) is 4.43 Å². The lowest BCUT2D eigenvalue weighted by Gasteiger charge is -1.65. The molecule has 25 valence electrons. The van der Waals surface area contributed by atoms with Gasteiger partial charge in [0.1, 0.15) is 0 Å². The first-order chi connectivity index (χ1) is 1.91. The highest BCUT2D eigenvalue weighted by molar-refractivity contribution is 14.1. The molecule has 1 heteroatoms. The van der Waals surface area contributed by atoms with E-state index >= 15 is 0 Å². The Morgan fingerprint density at radius 2 is 2.00 bits per heavy atom. The summed E-state index contributed by atoms with van der Waals surface area (Å²) in [5.41, 5.74) is 0. The van der Waals surface area contributed by atoms with Crippen LogP contribution in [-0.2, 0) is 0 Å². The summed E-state index contributed by atoms with van der Waals surface area (Å²) in [6.07, 6.45) is 1.06. The summed E-state index contributed by atoms with van der Waals surface area (Å²) in [5.74, 6) is 0. The Labute approximate surface area is 40.7 Å². The van der Waals surface area contributed by atoms with Crippen molar-refractivity contribution in [1.29, 1.82) is 0 Å². The molecule has 0 atom stereocenters. The van der Waals surface area contributed by atoms with Crippen LogP contribution < -0.4 is 0 Å². The summed E-state index contributed by atoms with van der Waals surface area (Å²) in [6, 6.07) is 0. The topological polar surface area (TPSA) is 0 Å². The maximum atomic E-state index is 3.60. The van der Waals surface area contributed by atoms with Crippen molar-refractivity contribution < 1.29 is 0 Å². The SMILES string of the molecule is [CH2]CCI. The fourth-order valence-corrected chi connectivity index (χ4v) is 0. The van der Waals surface area contributed by atoms with Gasteiger partial charge in [0.25, 0.3) is 0 Å². The van der Waals surface area contributed by atoms with Gasteiger partial charge in [0, 0.05) is 0 Å². The third kappa shape index (κ3) is 2.73. The standard InChI is InChI=1S/C3H6I/c1-2-3-4/h1-3H2. The molecule has 0 fully saturated rings. The average molecular weight is 169 g/mol. The Kier molecular flexibility index (Phi) is 4.41. The fourth-order valence-electron chi connectivity index (χ4n) is 0. The largest absolute Gasteiger partial charge is 0.0864 e. The third-order valence-electron chi connectivity index (χ3n) is 0.134. The first-order valence-electron chi connectivity index (χ1n) is 1.27. The van der Waals surface area contributed by atoms with E-state index in [1.54, 1.807) is 0 Å². The molecule has 0 rings (SSSR count). The molecular formula is C3H6I. The molecule has 1 radical (unpaired) electrons. The fraction of sp³-hybridized carbons (Fsp3) is 0.667. The van der Waals surface area contributed by atoms with Crippen molar-refractivity contribution in [3.8, 4) is 0 Å². The molecule has 0 spiro atoms. The number of hydrogen-bond donors (Lipinski definition) is 0. The number of halogens is 1. The summed E-state index contributed by atoms with van der Waals surface area (Å²) in [5, 5.41) is 0. The van der Waals surface area contributed by atoms with E-state index in [0.717, 1.165) is 6.42 Å². The monoisotopic (exact) mass is 169 g/mol. The van der Waals surface area contributed by atoms with Gasteiger partial charge in [0.2, 0.25) is 0 Å². The zero-order valence-electron chi connectivity index (χ0n) is 2.50. The summed E-state index contributed by atoms with van der Waals surface area (Å²) in [6.45, 7) is 3.60. The molecule has 0 N–H and O–H groups in total. The van der Waals surface area contributed by atoms with Crippen LogP contribution in [0.15, 0.2) is 0 Å². The lowest BCUT2D eigenvalue weighted by Crippen LogP contribution is -1.54. The number of rotatable bonds is 1. The second kappa shape index (κ2) is 3.73. The van der Waals surface area contributed by atoms with Crippen molar-refractivity contribution in [2.24, 2.45) is 0 Å². The molecule has 0 aliphatic carbocycles. The van der Waals surface area contributed by atoms with E-state index in [1.165, 1.54) is 4.43 Å². The molecule has 0 saturated carbocycles. The molecule has 0 aliphatic heterocycles. The maximum absolute atomic E-state index is 3.60.